The largest absolute Gasteiger partial charge is 0.481 e. The van der Waals surface area contributed by atoms with E-state index in [-0.39, 0.29) is 42.0 Å². The number of alkyl halides is 3. The summed E-state index contributed by atoms with van der Waals surface area (Å²) >= 11 is 0. The summed E-state index contributed by atoms with van der Waals surface area (Å²) in [6.07, 6.45) is -3.17. The molecule has 4 aromatic rings. The van der Waals surface area contributed by atoms with Crippen molar-refractivity contribution in [2.75, 3.05) is 59.1 Å². The average Bonchev–Trinajstić information content (AvgIpc) is 3.50. The Hall–Kier alpha value is -4.36. The molecule has 294 valence electrons. The topological polar surface area (TPSA) is 161 Å². The van der Waals surface area contributed by atoms with Crippen molar-refractivity contribution < 1.29 is 45.7 Å². The highest BCUT2D eigenvalue weighted by Crippen LogP contribution is 2.50. The Labute approximate surface area is 315 Å². The van der Waals surface area contributed by atoms with Crippen molar-refractivity contribution in [1.29, 1.82) is 0 Å². The lowest BCUT2D eigenvalue weighted by atomic mass is 9.69. The predicted octanol–water partition coefficient (Wildman–Crippen LogP) is 3.82. The summed E-state index contributed by atoms with van der Waals surface area (Å²) in [5.74, 6) is -3.38. The van der Waals surface area contributed by atoms with Gasteiger partial charge in [-0.1, -0.05) is 18.2 Å². The van der Waals surface area contributed by atoms with Gasteiger partial charge in [-0.3, -0.25) is 14.1 Å². The predicted molar refractivity (Wildman–Crippen MR) is 191 cm³/mol. The molecule has 0 radical (unpaired) electrons. The standard InChI is InChI=1S/C37H42F3N7O7S/c1-22-25(8-12-47-31(22)43-44-33(47)37(38,39)40)30(35(2,3)34(48)49)23-4-5-26-24(18-23)19-46-21-36(9-16-52-20-27(26)36)54-32-28(55(46,50)51)6-7-29(42-32)53-17-15-45-13-10-41-11-14-45/h4-8,12,18,27,30,41H,9-11,13-17,19-21H2,1-3H3,(H,48,49)/t27?,30-,36?/m1/s1. The fourth-order valence-electron chi connectivity index (χ4n) is 8.50. The van der Waals surface area contributed by atoms with Crippen molar-refractivity contribution in [3.63, 3.8) is 0 Å². The van der Waals surface area contributed by atoms with Gasteiger partial charge in [0.05, 0.1) is 25.2 Å². The maximum atomic E-state index is 14.5. The van der Waals surface area contributed by atoms with Gasteiger partial charge in [0.1, 0.15) is 17.1 Å². The van der Waals surface area contributed by atoms with E-state index in [1.165, 1.54) is 28.7 Å². The Balaban J connectivity index is 1.18. The maximum Gasteiger partial charge on any atom is 0.452 e. The van der Waals surface area contributed by atoms with E-state index in [1.807, 2.05) is 12.1 Å². The monoisotopic (exact) mass is 785 g/mol. The molecule has 0 aliphatic carbocycles. The third-order valence-corrected chi connectivity index (χ3v) is 13.3. The summed E-state index contributed by atoms with van der Waals surface area (Å²) in [7, 11) is -4.16. The van der Waals surface area contributed by atoms with Gasteiger partial charge in [-0.2, -0.15) is 22.5 Å². The molecule has 14 nitrogen and oxygen atoms in total. The zero-order chi connectivity index (χ0) is 38.9. The van der Waals surface area contributed by atoms with Gasteiger partial charge in [-0.15, -0.1) is 10.2 Å². The highest BCUT2D eigenvalue weighted by Gasteiger charge is 2.54. The Kier molecular flexibility index (Phi) is 9.34. The number of halogens is 3. The molecule has 2 fully saturated rings. The fourth-order valence-corrected chi connectivity index (χ4v) is 10.0. The number of aliphatic carboxylic acids is 1. The van der Waals surface area contributed by atoms with Gasteiger partial charge in [0.2, 0.25) is 27.6 Å². The third kappa shape index (κ3) is 6.50. The lowest BCUT2D eigenvalue weighted by Crippen LogP contribution is -2.53. The number of piperazine rings is 1. The van der Waals surface area contributed by atoms with Crippen LogP contribution in [0, 0.1) is 12.3 Å². The van der Waals surface area contributed by atoms with Crippen LogP contribution in [-0.2, 0) is 32.3 Å². The fraction of sp³-hybridized carbons (Fsp3) is 0.514. The number of carboxylic acids is 1. The normalized spacial score (nSPS) is 24.4. The van der Waals surface area contributed by atoms with E-state index in [0.717, 1.165) is 36.1 Å². The summed E-state index contributed by atoms with van der Waals surface area (Å²) in [5.41, 5.74) is 0.193. The Bertz CT molecular complexity index is 2260. The second kappa shape index (κ2) is 13.7. The number of pyridine rings is 2. The van der Waals surface area contributed by atoms with Crippen molar-refractivity contribution >= 4 is 21.6 Å². The zero-order valence-corrected chi connectivity index (χ0v) is 31.4. The zero-order valence-electron chi connectivity index (χ0n) is 30.6. The van der Waals surface area contributed by atoms with Crippen molar-refractivity contribution in [2.45, 2.75) is 62.2 Å². The van der Waals surface area contributed by atoms with Crippen LogP contribution in [-0.4, -0.2) is 113 Å². The molecule has 8 rings (SSSR count). The molecule has 55 heavy (non-hydrogen) atoms. The van der Waals surface area contributed by atoms with Crippen LogP contribution in [0.4, 0.5) is 13.2 Å². The quantitative estimate of drug-likeness (QED) is 0.266. The number of hydrogen-bond acceptors (Lipinski definition) is 11. The first-order valence-electron chi connectivity index (χ1n) is 18.2. The summed E-state index contributed by atoms with van der Waals surface area (Å²) in [6, 6.07) is 9.95. The lowest BCUT2D eigenvalue weighted by molar-refractivity contribution is -0.147. The number of ether oxygens (including phenoxy) is 3. The van der Waals surface area contributed by atoms with Crippen LogP contribution in [0.15, 0.2) is 47.5 Å². The second-order valence-electron chi connectivity index (χ2n) is 15.2. The Morgan fingerprint density at radius 1 is 1.15 bits per heavy atom. The molecular weight excluding hydrogens is 744 g/mol. The highest BCUT2D eigenvalue weighted by molar-refractivity contribution is 7.89. The molecule has 7 heterocycles. The van der Waals surface area contributed by atoms with Crippen molar-refractivity contribution in [1.82, 2.24) is 34.1 Å². The Morgan fingerprint density at radius 3 is 2.67 bits per heavy atom. The number of nitrogens with one attached hydrogen (secondary N) is 1. The first-order valence-corrected chi connectivity index (χ1v) is 19.7. The van der Waals surface area contributed by atoms with E-state index in [0.29, 0.717) is 48.4 Å². The molecule has 18 heteroatoms. The molecule has 3 aromatic heterocycles. The van der Waals surface area contributed by atoms with E-state index in [4.69, 9.17) is 14.2 Å². The Morgan fingerprint density at radius 2 is 1.93 bits per heavy atom. The van der Waals surface area contributed by atoms with Crippen LogP contribution in [0.3, 0.4) is 0 Å². The minimum absolute atomic E-state index is 0.0227. The molecule has 1 spiro atoms. The number of aryl methyl sites for hydroxylation is 1. The SMILES string of the molecule is Cc1c([C@@H](c2ccc3c(c2)CN2CC4(CCOCC34)Oc3nc(OCCN4CCNCC4)ccc3S2(=O)=O)C(C)(C)C(=O)O)ccn2c(C(F)(F)F)nnc12. The summed E-state index contributed by atoms with van der Waals surface area (Å²) in [4.78, 5) is 19.7. The number of carbonyl (C=O) groups is 1. The number of fused-ring (bicyclic) bond motifs is 5. The van der Waals surface area contributed by atoms with Gasteiger partial charge in [-0.05, 0) is 60.7 Å². The number of sulfonamides is 1. The smallest absolute Gasteiger partial charge is 0.452 e. The molecule has 2 bridgehead atoms. The van der Waals surface area contributed by atoms with Crippen molar-refractivity contribution in [3.8, 4) is 11.8 Å². The van der Waals surface area contributed by atoms with E-state index < -0.39 is 50.8 Å². The molecule has 3 unspecified atom stereocenters. The summed E-state index contributed by atoms with van der Waals surface area (Å²) in [6.45, 7) is 9.97. The summed E-state index contributed by atoms with van der Waals surface area (Å²) in [5, 5.41) is 21.0. The molecule has 4 aliphatic heterocycles. The molecule has 2 N–H and O–H groups in total. The van der Waals surface area contributed by atoms with Gasteiger partial charge >= 0.3 is 12.1 Å². The lowest BCUT2D eigenvalue weighted by Gasteiger charge is -2.43. The van der Waals surface area contributed by atoms with Crippen LogP contribution in [0.25, 0.3) is 5.65 Å². The summed E-state index contributed by atoms with van der Waals surface area (Å²) < 4.78 is 91.1. The van der Waals surface area contributed by atoms with Crippen LogP contribution >= 0.6 is 0 Å². The molecule has 2 saturated heterocycles. The van der Waals surface area contributed by atoms with Gasteiger partial charge in [-0.25, -0.2) is 8.42 Å². The number of carboxylic acid groups (broad SMARTS) is 1. The number of nitrogens with zero attached hydrogens (tertiary/aromatic N) is 6. The molecular formula is C37H42F3N7O7S. The third-order valence-electron chi connectivity index (χ3n) is 11.5. The van der Waals surface area contributed by atoms with Crippen LogP contribution in [0.1, 0.15) is 65.7 Å². The van der Waals surface area contributed by atoms with Crippen LogP contribution in [0.5, 0.6) is 11.8 Å². The highest BCUT2D eigenvalue weighted by atomic mass is 32.2. The van der Waals surface area contributed by atoms with Crippen LogP contribution < -0.4 is 14.8 Å². The van der Waals surface area contributed by atoms with E-state index in [2.05, 4.69) is 25.4 Å². The number of rotatable bonds is 8. The van der Waals surface area contributed by atoms with Gasteiger partial charge < -0.3 is 24.6 Å². The van der Waals surface area contributed by atoms with E-state index in [1.54, 1.807) is 26.8 Å². The molecule has 4 aliphatic rings. The number of benzene rings is 1. The first-order chi connectivity index (χ1) is 26.1. The van der Waals surface area contributed by atoms with Gasteiger partial charge in [0.15, 0.2) is 5.65 Å². The molecule has 0 amide bonds. The second-order valence-corrected chi connectivity index (χ2v) is 17.1. The molecule has 4 atom stereocenters. The molecule has 0 saturated carbocycles. The molecule has 1 aromatic carbocycles. The first kappa shape index (κ1) is 37.6. The number of hydrogen-bond donors (Lipinski definition) is 2. The maximum absolute atomic E-state index is 14.5. The van der Waals surface area contributed by atoms with Crippen LogP contribution in [0.2, 0.25) is 0 Å². The average molecular weight is 786 g/mol. The minimum atomic E-state index is -4.75. The van der Waals surface area contributed by atoms with Crippen molar-refractivity contribution in [2.24, 2.45) is 5.41 Å². The van der Waals surface area contributed by atoms with E-state index >= 15 is 0 Å². The van der Waals surface area contributed by atoms with E-state index in [9.17, 15) is 31.5 Å². The van der Waals surface area contributed by atoms with Gasteiger partial charge in [0.25, 0.3) is 0 Å². The number of aromatic nitrogens is 4. The van der Waals surface area contributed by atoms with Gasteiger partial charge in [0, 0.05) is 69.8 Å². The van der Waals surface area contributed by atoms with Crippen molar-refractivity contribution in [3.05, 3.63) is 76.2 Å². The minimum Gasteiger partial charge on any atom is -0.481 e.